The van der Waals surface area contributed by atoms with E-state index >= 15 is 0 Å². The zero-order valence-electron chi connectivity index (χ0n) is 16.5. The van der Waals surface area contributed by atoms with Gasteiger partial charge in [0.05, 0.1) is 6.54 Å². The van der Waals surface area contributed by atoms with E-state index in [9.17, 15) is 0 Å². The number of hydrogen-bond donors (Lipinski definition) is 2. The molecule has 1 saturated heterocycles. The van der Waals surface area contributed by atoms with Crippen LogP contribution >= 0.6 is 11.6 Å². The summed E-state index contributed by atoms with van der Waals surface area (Å²) in [6.07, 6.45) is 0. The van der Waals surface area contributed by atoms with Crippen molar-refractivity contribution in [3.8, 4) is 0 Å². The second kappa shape index (κ2) is 11.4. The number of halogens is 1. The van der Waals surface area contributed by atoms with Gasteiger partial charge >= 0.3 is 0 Å². The number of rotatable bonds is 8. The predicted octanol–water partition coefficient (Wildman–Crippen LogP) is 2.67. The Morgan fingerprint density at radius 1 is 1.12 bits per heavy atom. The zero-order chi connectivity index (χ0) is 18.8. The molecule has 6 heteroatoms. The van der Waals surface area contributed by atoms with Gasteiger partial charge in [0.1, 0.15) is 0 Å². The normalized spacial score (nSPS) is 17.9. The highest BCUT2D eigenvalue weighted by Gasteiger charge is 2.17. The van der Waals surface area contributed by atoms with E-state index in [1.54, 1.807) is 0 Å². The van der Waals surface area contributed by atoms with E-state index in [1.807, 2.05) is 24.3 Å². The fraction of sp³-hybridized carbons (Fsp3) is 0.650. The van der Waals surface area contributed by atoms with Crippen molar-refractivity contribution in [2.45, 2.75) is 27.3 Å². The van der Waals surface area contributed by atoms with Crippen LogP contribution < -0.4 is 10.6 Å². The van der Waals surface area contributed by atoms with Gasteiger partial charge < -0.3 is 20.4 Å². The third-order valence-electron chi connectivity index (χ3n) is 4.81. The molecule has 0 aromatic heterocycles. The summed E-state index contributed by atoms with van der Waals surface area (Å²) in [5, 5.41) is 7.57. The van der Waals surface area contributed by atoms with Crippen LogP contribution in [0.25, 0.3) is 0 Å². The first-order valence-electron chi connectivity index (χ1n) is 9.82. The highest BCUT2D eigenvalue weighted by molar-refractivity contribution is 6.31. The third kappa shape index (κ3) is 7.14. The molecule has 1 aromatic carbocycles. The summed E-state index contributed by atoms with van der Waals surface area (Å²) in [5.41, 5.74) is 1.05. The number of benzene rings is 1. The predicted molar refractivity (Wildman–Crippen MR) is 112 cm³/mol. The average molecular weight is 380 g/mol. The standard InChI is InChI=1S/C20H34ClN5/c1-4-22-20(24-15-18-8-6-7-9-19(18)21)23-14-17(3)16-26-12-10-25(5-2)11-13-26/h6-9,17H,4-5,10-16H2,1-3H3,(H2,22,23,24). The van der Waals surface area contributed by atoms with Crippen LogP contribution in [0.3, 0.4) is 0 Å². The molecule has 0 bridgehead atoms. The van der Waals surface area contributed by atoms with E-state index in [1.165, 1.54) is 32.7 Å². The summed E-state index contributed by atoms with van der Waals surface area (Å²) in [5.74, 6) is 1.43. The molecule has 0 amide bonds. The highest BCUT2D eigenvalue weighted by atomic mass is 35.5. The molecular weight excluding hydrogens is 346 g/mol. The third-order valence-corrected chi connectivity index (χ3v) is 5.18. The number of nitrogens with one attached hydrogen (secondary N) is 2. The Hall–Kier alpha value is -1.30. The van der Waals surface area contributed by atoms with E-state index in [0.717, 1.165) is 36.2 Å². The lowest BCUT2D eigenvalue weighted by Gasteiger charge is -2.35. The van der Waals surface area contributed by atoms with Crippen molar-refractivity contribution in [3.05, 3.63) is 34.9 Å². The Labute approximate surface area is 163 Å². The van der Waals surface area contributed by atoms with Crippen LogP contribution in [0.15, 0.2) is 29.3 Å². The molecule has 26 heavy (non-hydrogen) atoms. The molecule has 1 unspecified atom stereocenters. The molecule has 146 valence electrons. The number of nitrogens with zero attached hydrogens (tertiary/aromatic N) is 3. The van der Waals surface area contributed by atoms with E-state index in [4.69, 9.17) is 11.6 Å². The molecule has 5 nitrogen and oxygen atoms in total. The van der Waals surface area contributed by atoms with Gasteiger partial charge in [-0.05, 0) is 31.0 Å². The Morgan fingerprint density at radius 2 is 1.81 bits per heavy atom. The lowest BCUT2D eigenvalue weighted by molar-refractivity contribution is 0.124. The van der Waals surface area contributed by atoms with E-state index in [2.05, 4.69) is 46.2 Å². The van der Waals surface area contributed by atoms with Gasteiger partial charge in [-0.1, -0.05) is 43.6 Å². The summed E-state index contributed by atoms with van der Waals surface area (Å²) < 4.78 is 0. The van der Waals surface area contributed by atoms with Gasteiger partial charge in [-0.15, -0.1) is 0 Å². The minimum atomic E-state index is 0.576. The van der Waals surface area contributed by atoms with Gasteiger partial charge in [-0.2, -0.15) is 0 Å². The maximum Gasteiger partial charge on any atom is 0.191 e. The second-order valence-electron chi connectivity index (χ2n) is 7.01. The smallest absolute Gasteiger partial charge is 0.191 e. The summed E-state index contributed by atoms with van der Waals surface area (Å²) in [7, 11) is 0. The van der Waals surface area contributed by atoms with Crippen LogP contribution in [0.1, 0.15) is 26.3 Å². The molecule has 0 radical (unpaired) electrons. The zero-order valence-corrected chi connectivity index (χ0v) is 17.2. The molecule has 0 saturated carbocycles. The first-order valence-corrected chi connectivity index (χ1v) is 10.2. The van der Waals surface area contributed by atoms with Crippen molar-refractivity contribution < 1.29 is 0 Å². The number of piperazine rings is 1. The summed E-state index contributed by atoms with van der Waals surface area (Å²) >= 11 is 6.22. The molecule has 0 spiro atoms. The number of hydrogen-bond acceptors (Lipinski definition) is 3. The van der Waals surface area contributed by atoms with Crippen LogP contribution in [-0.2, 0) is 6.54 Å². The van der Waals surface area contributed by atoms with Crippen molar-refractivity contribution in [1.82, 2.24) is 20.4 Å². The molecule has 1 aromatic rings. The largest absolute Gasteiger partial charge is 0.357 e. The van der Waals surface area contributed by atoms with Crippen LogP contribution in [0.2, 0.25) is 5.02 Å². The summed E-state index contributed by atoms with van der Waals surface area (Å²) in [6.45, 7) is 16.0. The fourth-order valence-corrected chi connectivity index (χ4v) is 3.39. The van der Waals surface area contributed by atoms with E-state index in [-0.39, 0.29) is 0 Å². The lowest BCUT2D eigenvalue weighted by Crippen LogP contribution is -2.48. The van der Waals surface area contributed by atoms with Crippen LogP contribution in [0.5, 0.6) is 0 Å². The van der Waals surface area contributed by atoms with Crippen molar-refractivity contribution in [2.24, 2.45) is 10.9 Å². The molecular formula is C20H34ClN5. The SMILES string of the molecule is CCNC(=NCc1ccccc1Cl)NCC(C)CN1CCN(CC)CC1. The van der Waals surface area contributed by atoms with E-state index in [0.29, 0.717) is 12.5 Å². The lowest BCUT2D eigenvalue weighted by atomic mass is 10.1. The summed E-state index contributed by atoms with van der Waals surface area (Å²) in [4.78, 5) is 9.77. The topological polar surface area (TPSA) is 42.9 Å². The van der Waals surface area contributed by atoms with Gasteiger partial charge in [-0.3, -0.25) is 0 Å². The van der Waals surface area contributed by atoms with Crippen molar-refractivity contribution in [1.29, 1.82) is 0 Å². The van der Waals surface area contributed by atoms with Crippen molar-refractivity contribution >= 4 is 17.6 Å². The fourth-order valence-electron chi connectivity index (χ4n) is 3.20. The van der Waals surface area contributed by atoms with Gasteiger partial charge in [0.2, 0.25) is 0 Å². The van der Waals surface area contributed by atoms with Gasteiger partial charge in [0, 0.05) is 50.8 Å². The Kier molecular flexibility index (Phi) is 9.23. The highest BCUT2D eigenvalue weighted by Crippen LogP contribution is 2.15. The Bertz CT molecular complexity index is 555. The molecule has 0 aliphatic carbocycles. The maximum absolute atomic E-state index is 6.22. The van der Waals surface area contributed by atoms with Gasteiger partial charge in [-0.25, -0.2) is 4.99 Å². The quantitative estimate of drug-likeness (QED) is 0.538. The Balaban J connectivity index is 1.78. The van der Waals surface area contributed by atoms with Crippen LogP contribution in [0.4, 0.5) is 0 Å². The summed E-state index contributed by atoms with van der Waals surface area (Å²) in [6, 6.07) is 7.87. The van der Waals surface area contributed by atoms with Crippen LogP contribution in [-0.4, -0.2) is 68.1 Å². The maximum atomic E-state index is 6.22. The second-order valence-corrected chi connectivity index (χ2v) is 7.41. The Morgan fingerprint density at radius 3 is 2.46 bits per heavy atom. The minimum absolute atomic E-state index is 0.576. The molecule has 2 N–H and O–H groups in total. The molecule has 1 fully saturated rings. The number of guanidine groups is 1. The van der Waals surface area contributed by atoms with Gasteiger partial charge in [0.15, 0.2) is 5.96 Å². The van der Waals surface area contributed by atoms with Gasteiger partial charge in [0.25, 0.3) is 0 Å². The first-order chi connectivity index (χ1) is 12.6. The molecule has 2 rings (SSSR count). The molecule has 1 aliphatic heterocycles. The average Bonchev–Trinajstić information content (AvgIpc) is 2.66. The first kappa shape index (κ1) is 21.0. The van der Waals surface area contributed by atoms with Crippen molar-refractivity contribution in [2.75, 3.05) is 52.4 Å². The number of likely N-dealkylation sites (N-methyl/N-ethyl adjacent to an activating group) is 1. The van der Waals surface area contributed by atoms with E-state index < -0.39 is 0 Å². The molecule has 1 aliphatic rings. The monoisotopic (exact) mass is 379 g/mol. The van der Waals surface area contributed by atoms with Crippen LogP contribution in [0, 0.1) is 5.92 Å². The number of aliphatic imine (C=N–C) groups is 1. The molecule has 1 atom stereocenters. The van der Waals surface area contributed by atoms with Crippen molar-refractivity contribution in [3.63, 3.8) is 0 Å². The minimum Gasteiger partial charge on any atom is -0.357 e. The molecule has 1 heterocycles.